The number of hydrogen-bond acceptors (Lipinski definition) is 11. The lowest BCUT2D eigenvalue weighted by Crippen LogP contribution is -2.50. The van der Waals surface area contributed by atoms with Crippen molar-refractivity contribution in [1.82, 2.24) is 19.6 Å². The quantitative estimate of drug-likeness (QED) is 0.0784. The molecule has 0 spiro atoms. The van der Waals surface area contributed by atoms with Gasteiger partial charge in [0.15, 0.2) is 0 Å². The van der Waals surface area contributed by atoms with Crippen LogP contribution in [0.25, 0.3) is 34.4 Å². The van der Waals surface area contributed by atoms with E-state index in [2.05, 4.69) is 0 Å². The van der Waals surface area contributed by atoms with E-state index >= 15 is 0 Å². The second-order valence-electron chi connectivity index (χ2n) is 16.2. The van der Waals surface area contributed by atoms with Crippen molar-refractivity contribution >= 4 is 58.9 Å². The monoisotopic (exact) mass is 904 g/mol. The van der Waals surface area contributed by atoms with E-state index in [1.54, 1.807) is 46.2 Å². The summed E-state index contributed by atoms with van der Waals surface area (Å²) >= 11 is 0.882. The molecule has 4 aromatic rings. The van der Waals surface area contributed by atoms with E-state index in [9.17, 15) is 49.6 Å². The molecule has 65 heavy (non-hydrogen) atoms. The summed E-state index contributed by atoms with van der Waals surface area (Å²) in [6, 6.07) is 20.9. The fraction of sp³-hybridized carbons (Fsp3) is 0.333. The molecule has 0 unspecified atom stereocenters. The molecule has 0 aliphatic carbocycles. The maximum Gasteiger partial charge on any atom is 0.291 e. The average Bonchev–Trinajstić information content (AvgIpc) is 3.31. The highest BCUT2D eigenvalue weighted by Crippen LogP contribution is 2.50. The number of hydrogen-bond donors (Lipinski definition) is 2. The van der Waals surface area contributed by atoms with E-state index in [-0.39, 0.29) is 108 Å². The highest BCUT2D eigenvalue weighted by atomic mass is 32.2. The molecule has 0 bridgehead atoms. The molecule has 6 rings (SSSR count). The van der Waals surface area contributed by atoms with Crippen LogP contribution in [0.15, 0.2) is 94.7 Å². The lowest BCUT2D eigenvalue weighted by molar-refractivity contribution is -0.387. The Morgan fingerprint density at radius 1 is 0.569 bits per heavy atom. The number of benzene rings is 4. The van der Waals surface area contributed by atoms with E-state index in [4.69, 9.17) is 0 Å². The number of nitro groups is 2. The lowest BCUT2D eigenvalue weighted by atomic mass is 9.89. The van der Waals surface area contributed by atoms with Gasteiger partial charge in [-0.1, -0.05) is 100 Å². The predicted molar refractivity (Wildman–Crippen MR) is 248 cm³/mol. The van der Waals surface area contributed by atoms with Crippen LogP contribution in [0.2, 0.25) is 0 Å². The molecule has 2 N–H and O–H groups in total. The number of aliphatic hydroxyl groups is 2. The van der Waals surface area contributed by atoms with E-state index in [1.165, 1.54) is 46.2 Å². The molecule has 0 radical (unpaired) electrons. The minimum Gasteiger partial charge on any atom is -0.387 e. The fourth-order valence-corrected chi connectivity index (χ4v) is 9.26. The Balaban J connectivity index is 1.46. The molecule has 2 heterocycles. The Morgan fingerprint density at radius 2 is 0.908 bits per heavy atom. The van der Waals surface area contributed by atoms with E-state index in [0.29, 0.717) is 22.3 Å². The molecule has 2 aliphatic heterocycles. The smallest absolute Gasteiger partial charge is 0.291 e. The molecule has 17 heteroatoms. The molecule has 2 saturated heterocycles. The van der Waals surface area contributed by atoms with Crippen molar-refractivity contribution in [2.45, 2.75) is 49.3 Å². The molecule has 4 aromatic carbocycles. The van der Waals surface area contributed by atoms with Gasteiger partial charge in [0.1, 0.15) is 13.2 Å². The second-order valence-corrected chi connectivity index (χ2v) is 17.3. The standard InChI is InChI=1S/C48H52N6O10S/c1-31(2)35-9-5-7-11-37(35)45-33(15-19-41(57)49-21-25-51(26-22-49)43(59)29-55)13-17-39(47(45)53(61)62)65-40-18-14-34(16-20-42(58)50-23-27-52(28-24-50)44(60)30-56)46(48(40)54(63)64)38-12-8-6-10-36(38)32(3)4/h5-20,31-32,55-56H,21-30H2,1-4H3/b19-15+,20-16+. The summed E-state index contributed by atoms with van der Waals surface area (Å²) in [6.07, 6.45) is 5.74. The predicted octanol–water partition coefficient (Wildman–Crippen LogP) is 6.59. The van der Waals surface area contributed by atoms with Gasteiger partial charge in [0.05, 0.1) is 30.8 Å². The first-order valence-electron chi connectivity index (χ1n) is 21.4. The average molecular weight is 905 g/mol. The van der Waals surface area contributed by atoms with E-state index < -0.39 is 34.9 Å². The third kappa shape index (κ3) is 10.8. The Kier molecular flexibility index (Phi) is 15.7. The molecule has 0 saturated carbocycles. The Bertz CT molecular complexity index is 2370. The Morgan fingerprint density at radius 3 is 1.23 bits per heavy atom. The highest BCUT2D eigenvalue weighted by Gasteiger charge is 2.32. The number of aliphatic hydroxyl groups excluding tert-OH is 2. The lowest BCUT2D eigenvalue weighted by Gasteiger charge is -2.33. The normalized spacial score (nSPS) is 14.5. The first-order chi connectivity index (χ1) is 31.1. The summed E-state index contributed by atoms with van der Waals surface area (Å²) in [7, 11) is 0. The van der Waals surface area contributed by atoms with Gasteiger partial charge < -0.3 is 29.8 Å². The third-order valence-corrected chi connectivity index (χ3v) is 12.7. The van der Waals surface area contributed by atoms with Crippen LogP contribution in [0.1, 0.15) is 61.8 Å². The minimum absolute atomic E-state index is 0.0595. The molecule has 340 valence electrons. The van der Waals surface area contributed by atoms with Crippen LogP contribution in [0.5, 0.6) is 0 Å². The van der Waals surface area contributed by atoms with Crippen LogP contribution >= 0.6 is 11.8 Å². The van der Waals surface area contributed by atoms with Gasteiger partial charge in [-0.25, -0.2) is 0 Å². The molecule has 0 aromatic heterocycles. The topological polar surface area (TPSA) is 208 Å². The maximum absolute atomic E-state index is 13.5. The zero-order valence-corrected chi connectivity index (χ0v) is 37.5. The number of rotatable bonds is 14. The van der Waals surface area contributed by atoms with Gasteiger partial charge in [0, 0.05) is 64.5 Å². The van der Waals surface area contributed by atoms with Gasteiger partial charge in [0.25, 0.3) is 11.4 Å². The van der Waals surface area contributed by atoms with E-state index in [0.717, 1.165) is 22.9 Å². The Labute approximate surface area is 381 Å². The third-order valence-electron chi connectivity index (χ3n) is 11.6. The van der Waals surface area contributed by atoms with Crippen LogP contribution in [-0.2, 0) is 19.2 Å². The van der Waals surface area contributed by atoms with Crippen molar-refractivity contribution in [1.29, 1.82) is 0 Å². The largest absolute Gasteiger partial charge is 0.387 e. The molecule has 2 fully saturated rings. The second kappa shape index (κ2) is 21.3. The first-order valence-corrected chi connectivity index (χ1v) is 22.2. The van der Waals surface area contributed by atoms with Gasteiger partial charge >= 0.3 is 0 Å². The summed E-state index contributed by atoms with van der Waals surface area (Å²) in [5.74, 6) is -1.68. The SMILES string of the molecule is CC(C)c1ccccc1-c1c(/C=C/C(=O)N2CCN(C(=O)CO)CC2)ccc(Sc2ccc(/C=C/C(=O)N3CCN(C(=O)CO)CC3)c(-c3ccccc3C(C)C)c2[N+](=O)[O-])c1[N+](=O)[O-]. The number of amides is 4. The number of nitrogens with zero attached hydrogens (tertiary/aromatic N) is 6. The summed E-state index contributed by atoms with van der Waals surface area (Å²) in [5.41, 5.74) is 3.37. The minimum atomic E-state index is -0.620. The van der Waals surface area contributed by atoms with Crippen molar-refractivity contribution in [2.75, 3.05) is 65.6 Å². The number of carbonyl (C=O) groups is 4. The van der Waals surface area contributed by atoms with Crippen molar-refractivity contribution in [3.05, 3.63) is 127 Å². The van der Waals surface area contributed by atoms with Crippen LogP contribution < -0.4 is 0 Å². The van der Waals surface area contributed by atoms with Gasteiger partial charge in [-0.3, -0.25) is 39.4 Å². The first kappa shape index (κ1) is 47.8. The van der Waals surface area contributed by atoms with Crippen molar-refractivity contribution in [3.63, 3.8) is 0 Å². The van der Waals surface area contributed by atoms with Crippen molar-refractivity contribution in [3.8, 4) is 22.3 Å². The number of piperazine rings is 2. The molecular weight excluding hydrogens is 853 g/mol. The zero-order chi connectivity index (χ0) is 46.9. The summed E-state index contributed by atoms with van der Waals surface area (Å²) < 4.78 is 0. The number of nitro benzene ring substituents is 2. The van der Waals surface area contributed by atoms with Crippen LogP contribution in [0.4, 0.5) is 11.4 Å². The van der Waals surface area contributed by atoms with Crippen LogP contribution in [-0.4, -0.2) is 129 Å². The molecule has 16 nitrogen and oxygen atoms in total. The summed E-state index contributed by atoms with van der Waals surface area (Å²) in [5, 5.41) is 45.3. The molecular formula is C48H52N6O10S. The van der Waals surface area contributed by atoms with Crippen LogP contribution in [0, 0.1) is 20.2 Å². The summed E-state index contributed by atoms with van der Waals surface area (Å²) in [6.45, 7) is 8.62. The van der Waals surface area contributed by atoms with Gasteiger partial charge in [-0.2, -0.15) is 0 Å². The van der Waals surface area contributed by atoms with Crippen molar-refractivity contribution in [2.24, 2.45) is 0 Å². The van der Waals surface area contributed by atoms with Gasteiger partial charge in [0.2, 0.25) is 23.6 Å². The maximum atomic E-state index is 13.5. The highest BCUT2D eigenvalue weighted by molar-refractivity contribution is 7.99. The van der Waals surface area contributed by atoms with Crippen LogP contribution in [0.3, 0.4) is 0 Å². The van der Waals surface area contributed by atoms with E-state index in [1.807, 2.05) is 52.0 Å². The molecule has 4 amide bonds. The fourth-order valence-electron chi connectivity index (χ4n) is 8.21. The van der Waals surface area contributed by atoms with Crippen molar-refractivity contribution < 1.29 is 39.2 Å². The molecule has 0 atom stereocenters. The molecule has 2 aliphatic rings. The summed E-state index contributed by atoms with van der Waals surface area (Å²) in [4.78, 5) is 83.0. The van der Waals surface area contributed by atoms with Gasteiger partial charge in [-0.15, -0.1) is 0 Å². The Hall–Kier alpha value is -6.69. The van der Waals surface area contributed by atoms with Gasteiger partial charge in [-0.05, 0) is 69.5 Å². The number of carbonyl (C=O) groups excluding carboxylic acids is 4. The zero-order valence-electron chi connectivity index (χ0n) is 36.7.